The second-order valence-corrected chi connectivity index (χ2v) is 3.43. The first-order valence-corrected chi connectivity index (χ1v) is 4.89. The highest BCUT2D eigenvalue weighted by Crippen LogP contribution is 2.22. The summed E-state index contributed by atoms with van der Waals surface area (Å²) in [6.07, 6.45) is 0.946. The summed E-state index contributed by atoms with van der Waals surface area (Å²) >= 11 is 5.98. The van der Waals surface area contributed by atoms with Gasteiger partial charge in [-0.15, -0.1) is 0 Å². The summed E-state index contributed by atoms with van der Waals surface area (Å²) in [5.41, 5.74) is 0.860. The van der Waals surface area contributed by atoms with Gasteiger partial charge in [0, 0.05) is 17.9 Å². The highest BCUT2D eigenvalue weighted by Gasteiger charge is 2.06. The summed E-state index contributed by atoms with van der Waals surface area (Å²) in [6.45, 7) is 1.85. The van der Waals surface area contributed by atoms with E-state index in [0.717, 1.165) is 5.56 Å². The Morgan fingerprint density at radius 2 is 2.21 bits per heavy atom. The third-order valence-electron chi connectivity index (χ3n) is 2.04. The summed E-state index contributed by atoms with van der Waals surface area (Å²) in [7, 11) is 1.59. The molecule has 0 unspecified atom stereocenters. The zero-order valence-electron chi connectivity index (χ0n) is 8.34. The Hall–Kier alpha value is -1.02. The maximum absolute atomic E-state index is 11.2. The minimum Gasteiger partial charge on any atom is -0.497 e. The summed E-state index contributed by atoms with van der Waals surface area (Å²) in [6, 6.07) is 5.36. The molecule has 0 aliphatic carbocycles. The van der Waals surface area contributed by atoms with E-state index in [1.807, 2.05) is 19.1 Å². The highest BCUT2D eigenvalue weighted by molar-refractivity contribution is 6.31. The largest absolute Gasteiger partial charge is 0.497 e. The van der Waals surface area contributed by atoms with E-state index < -0.39 is 0 Å². The van der Waals surface area contributed by atoms with Crippen LogP contribution < -0.4 is 4.74 Å². The van der Waals surface area contributed by atoms with Crippen LogP contribution in [-0.4, -0.2) is 12.9 Å². The van der Waals surface area contributed by atoms with E-state index in [1.165, 1.54) is 0 Å². The first-order valence-electron chi connectivity index (χ1n) is 4.51. The van der Waals surface area contributed by atoms with Gasteiger partial charge in [0.2, 0.25) is 0 Å². The quantitative estimate of drug-likeness (QED) is 0.767. The van der Waals surface area contributed by atoms with E-state index in [-0.39, 0.29) is 5.78 Å². The third kappa shape index (κ3) is 2.74. The minimum atomic E-state index is 0.192. The van der Waals surface area contributed by atoms with E-state index >= 15 is 0 Å². The number of hydrogen-bond acceptors (Lipinski definition) is 2. The molecule has 0 saturated heterocycles. The molecule has 76 valence electrons. The zero-order chi connectivity index (χ0) is 10.6. The Bertz CT molecular complexity index is 334. The summed E-state index contributed by atoms with van der Waals surface area (Å²) in [5, 5.41) is 0.589. The first-order chi connectivity index (χ1) is 6.67. The fraction of sp³-hybridized carbons (Fsp3) is 0.364. The van der Waals surface area contributed by atoms with Crippen LogP contribution in [0.25, 0.3) is 0 Å². The second kappa shape index (κ2) is 5.01. The molecule has 1 rings (SSSR count). The number of carbonyl (C=O) groups excluding carboxylic acids is 1. The molecule has 0 bridgehead atoms. The topological polar surface area (TPSA) is 26.3 Å². The molecule has 2 nitrogen and oxygen atoms in total. The van der Waals surface area contributed by atoms with E-state index in [4.69, 9.17) is 16.3 Å². The van der Waals surface area contributed by atoms with Crippen molar-refractivity contribution >= 4 is 17.4 Å². The minimum absolute atomic E-state index is 0.192. The van der Waals surface area contributed by atoms with Crippen molar-refractivity contribution in [2.75, 3.05) is 7.11 Å². The summed E-state index contributed by atoms with van der Waals surface area (Å²) < 4.78 is 5.01. The molecule has 1 aromatic carbocycles. The maximum Gasteiger partial charge on any atom is 0.137 e. The van der Waals surface area contributed by atoms with Crippen LogP contribution in [0.4, 0.5) is 0 Å². The number of carbonyl (C=O) groups is 1. The lowest BCUT2D eigenvalue weighted by Crippen LogP contribution is -2.00. The molecular weight excluding hydrogens is 200 g/mol. The van der Waals surface area contributed by atoms with Crippen molar-refractivity contribution in [1.29, 1.82) is 0 Å². The molecule has 0 aliphatic heterocycles. The van der Waals surface area contributed by atoms with E-state index in [2.05, 4.69) is 0 Å². The van der Waals surface area contributed by atoms with Crippen LogP contribution in [0, 0.1) is 0 Å². The number of ether oxygens (including phenoxy) is 1. The Morgan fingerprint density at radius 3 is 2.71 bits per heavy atom. The van der Waals surface area contributed by atoms with Crippen molar-refractivity contribution < 1.29 is 9.53 Å². The molecule has 14 heavy (non-hydrogen) atoms. The van der Waals surface area contributed by atoms with Crippen LogP contribution >= 0.6 is 11.6 Å². The fourth-order valence-corrected chi connectivity index (χ4v) is 1.37. The van der Waals surface area contributed by atoms with E-state index in [0.29, 0.717) is 23.6 Å². The normalized spacial score (nSPS) is 9.93. The smallest absolute Gasteiger partial charge is 0.137 e. The number of rotatable bonds is 4. The molecule has 0 amide bonds. The molecule has 3 heteroatoms. The van der Waals surface area contributed by atoms with Crippen LogP contribution in [0.3, 0.4) is 0 Å². The van der Waals surface area contributed by atoms with Gasteiger partial charge in [-0.05, 0) is 17.7 Å². The van der Waals surface area contributed by atoms with Gasteiger partial charge in [0.1, 0.15) is 11.5 Å². The fourth-order valence-electron chi connectivity index (χ4n) is 1.14. The predicted octanol–water partition coefficient (Wildman–Crippen LogP) is 2.87. The van der Waals surface area contributed by atoms with Crippen LogP contribution in [-0.2, 0) is 11.2 Å². The molecular formula is C11H13ClO2. The number of methoxy groups -OCH3 is 1. The monoisotopic (exact) mass is 212 g/mol. The van der Waals surface area contributed by atoms with Gasteiger partial charge in [-0.3, -0.25) is 4.79 Å². The molecule has 0 atom stereocenters. The highest BCUT2D eigenvalue weighted by atomic mass is 35.5. The standard InChI is InChI=1S/C11H13ClO2/c1-3-9(13)6-8-4-5-10(14-2)7-11(8)12/h4-5,7H,3,6H2,1-2H3. The average molecular weight is 213 g/mol. The molecule has 0 aromatic heterocycles. The third-order valence-corrected chi connectivity index (χ3v) is 2.39. The molecule has 0 N–H and O–H groups in total. The maximum atomic E-state index is 11.2. The Morgan fingerprint density at radius 1 is 1.50 bits per heavy atom. The van der Waals surface area contributed by atoms with Gasteiger partial charge in [-0.1, -0.05) is 24.6 Å². The van der Waals surface area contributed by atoms with Gasteiger partial charge in [-0.2, -0.15) is 0 Å². The van der Waals surface area contributed by atoms with Gasteiger partial charge in [-0.25, -0.2) is 0 Å². The van der Waals surface area contributed by atoms with Crippen molar-refractivity contribution in [2.45, 2.75) is 19.8 Å². The number of Topliss-reactive ketones (excluding diaryl/α,β-unsaturated/α-hetero) is 1. The molecule has 0 saturated carbocycles. The van der Waals surface area contributed by atoms with Crippen LogP contribution in [0.5, 0.6) is 5.75 Å². The summed E-state index contributed by atoms with van der Waals surface area (Å²) in [4.78, 5) is 11.2. The molecule has 1 aromatic rings. The van der Waals surface area contributed by atoms with Crippen molar-refractivity contribution in [2.24, 2.45) is 0 Å². The predicted molar refractivity (Wildman–Crippen MR) is 57.0 cm³/mol. The van der Waals surface area contributed by atoms with E-state index in [1.54, 1.807) is 13.2 Å². The molecule has 0 aliphatic rings. The second-order valence-electron chi connectivity index (χ2n) is 3.03. The lowest BCUT2D eigenvalue weighted by Gasteiger charge is -2.05. The molecule has 0 spiro atoms. The van der Waals surface area contributed by atoms with Crippen molar-refractivity contribution in [1.82, 2.24) is 0 Å². The van der Waals surface area contributed by atoms with Crippen LogP contribution in [0.2, 0.25) is 5.02 Å². The Balaban J connectivity index is 2.83. The van der Waals surface area contributed by atoms with Crippen LogP contribution in [0.1, 0.15) is 18.9 Å². The Labute approximate surface area is 88.8 Å². The molecule has 0 radical (unpaired) electrons. The number of halogens is 1. The summed E-state index contributed by atoms with van der Waals surface area (Å²) in [5.74, 6) is 0.903. The zero-order valence-corrected chi connectivity index (χ0v) is 9.10. The van der Waals surface area contributed by atoms with Gasteiger partial charge in [0.05, 0.1) is 7.11 Å². The average Bonchev–Trinajstić information content (AvgIpc) is 2.20. The van der Waals surface area contributed by atoms with Gasteiger partial charge in [0.15, 0.2) is 0 Å². The van der Waals surface area contributed by atoms with Gasteiger partial charge in [0.25, 0.3) is 0 Å². The van der Waals surface area contributed by atoms with Gasteiger partial charge >= 0.3 is 0 Å². The lowest BCUT2D eigenvalue weighted by molar-refractivity contribution is -0.118. The number of ketones is 1. The van der Waals surface area contributed by atoms with Crippen molar-refractivity contribution in [3.05, 3.63) is 28.8 Å². The Kier molecular flexibility index (Phi) is 3.96. The number of hydrogen-bond donors (Lipinski definition) is 0. The van der Waals surface area contributed by atoms with Crippen molar-refractivity contribution in [3.63, 3.8) is 0 Å². The number of benzene rings is 1. The molecule has 0 fully saturated rings. The van der Waals surface area contributed by atoms with Crippen LogP contribution in [0.15, 0.2) is 18.2 Å². The first kappa shape index (κ1) is 11.1. The van der Waals surface area contributed by atoms with Crippen molar-refractivity contribution in [3.8, 4) is 5.75 Å². The van der Waals surface area contributed by atoms with E-state index in [9.17, 15) is 4.79 Å². The SMILES string of the molecule is CCC(=O)Cc1ccc(OC)cc1Cl. The lowest BCUT2D eigenvalue weighted by atomic mass is 10.1. The van der Waals surface area contributed by atoms with Gasteiger partial charge < -0.3 is 4.74 Å². The molecule has 0 heterocycles.